The highest BCUT2D eigenvalue weighted by atomic mass is 32.2. The molecule has 1 aromatic heterocycles. The molecule has 0 aliphatic heterocycles. The molecule has 0 saturated heterocycles. The van der Waals surface area contributed by atoms with Crippen molar-refractivity contribution < 1.29 is 9.53 Å². The summed E-state index contributed by atoms with van der Waals surface area (Å²) < 4.78 is 5.35. The van der Waals surface area contributed by atoms with E-state index < -0.39 is 11.5 Å². The molecule has 0 aliphatic carbocycles. The van der Waals surface area contributed by atoms with Crippen molar-refractivity contribution in [3.63, 3.8) is 0 Å². The minimum absolute atomic E-state index is 0.0317. The van der Waals surface area contributed by atoms with Crippen LogP contribution in [0.2, 0.25) is 0 Å². The molecule has 0 fully saturated rings. The van der Waals surface area contributed by atoms with Crippen molar-refractivity contribution in [2.75, 3.05) is 17.7 Å². The number of carbonyl (C=O) groups is 1. The molecular weight excluding hydrogens is 388 g/mol. The molecule has 2 aromatic carbocycles. The number of ether oxygens (including phenoxy) is 1. The van der Waals surface area contributed by atoms with Gasteiger partial charge in [-0.25, -0.2) is 4.98 Å². The number of thioether (sulfide) groups is 1. The van der Waals surface area contributed by atoms with Crippen molar-refractivity contribution in [3.8, 4) is 5.75 Å². The Kier molecular flexibility index (Phi) is 6.56. The number of aromatic nitrogens is 2. The molecule has 0 radical (unpaired) electrons. The first kappa shape index (κ1) is 20.5. The fourth-order valence-corrected chi connectivity index (χ4v) is 3.59. The summed E-state index contributed by atoms with van der Waals surface area (Å²) in [5.41, 5.74) is 6.86. The van der Waals surface area contributed by atoms with Gasteiger partial charge in [-0.1, -0.05) is 42.1 Å². The SMILES string of the molecule is CCOc1ccc(C(=O)Nc2c(N)nc(S[C@H](C)c3ccccc3)[nH]c2=O)cc1. The van der Waals surface area contributed by atoms with Crippen LogP contribution in [0.1, 0.15) is 35.0 Å². The standard InChI is InChI=1S/C21H22N4O3S/c1-3-28-16-11-9-15(10-12-16)19(26)23-17-18(22)24-21(25-20(17)27)29-13(2)14-7-5-4-6-8-14/h4-13H,3H2,1-2H3,(H,23,26)(H3,22,24,25,27)/t13-/m1/s1. The lowest BCUT2D eigenvalue weighted by Gasteiger charge is -2.12. The zero-order chi connectivity index (χ0) is 20.8. The van der Waals surface area contributed by atoms with Gasteiger partial charge in [0.15, 0.2) is 11.0 Å². The molecule has 8 heteroatoms. The van der Waals surface area contributed by atoms with Crippen LogP contribution in [0.25, 0.3) is 0 Å². The number of benzene rings is 2. The van der Waals surface area contributed by atoms with E-state index in [4.69, 9.17) is 10.5 Å². The average Bonchev–Trinajstić information content (AvgIpc) is 2.72. The number of nitrogens with one attached hydrogen (secondary N) is 2. The Morgan fingerprint density at radius 2 is 1.90 bits per heavy atom. The number of anilines is 2. The number of hydrogen-bond donors (Lipinski definition) is 3. The number of nitrogen functional groups attached to an aromatic ring is 1. The Balaban J connectivity index is 1.73. The maximum absolute atomic E-state index is 12.5. The first-order valence-electron chi connectivity index (χ1n) is 9.13. The highest BCUT2D eigenvalue weighted by Crippen LogP contribution is 2.32. The predicted octanol–water partition coefficient (Wildman–Crippen LogP) is 3.86. The molecule has 0 aliphatic rings. The fourth-order valence-electron chi connectivity index (χ4n) is 2.66. The van der Waals surface area contributed by atoms with Crippen LogP contribution >= 0.6 is 11.8 Å². The van der Waals surface area contributed by atoms with Gasteiger partial charge in [-0.2, -0.15) is 0 Å². The molecule has 0 bridgehead atoms. The van der Waals surface area contributed by atoms with Crippen LogP contribution < -0.4 is 21.3 Å². The largest absolute Gasteiger partial charge is 0.494 e. The van der Waals surface area contributed by atoms with E-state index in [9.17, 15) is 9.59 Å². The Bertz CT molecular complexity index is 1040. The van der Waals surface area contributed by atoms with E-state index in [0.717, 1.165) is 5.56 Å². The van der Waals surface area contributed by atoms with Crippen LogP contribution in [0.4, 0.5) is 11.5 Å². The molecule has 0 spiro atoms. The van der Waals surface area contributed by atoms with Crippen molar-refractivity contribution in [2.45, 2.75) is 24.3 Å². The number of hydrogen-bond acceptors (Lipinski definition) is 6. The van der Waals surface area contributed by atoms with Crippen LogP contribution in [0.3, 0.4) is 0 Å². The number of H-pyrrole nitrogens is 1. The lowest BCUT2D eigenvalue weighted by Crippen LogP contribution is -2.23. The molecule has 150 valence electrons. The molecule has 0 saturated carbocycles. The number of nitrogens with two attached hydrogens (primary N) is 1. The average molecular weight is 410 g/mol. The van der Waals surface area contributed by atoms with E-state index in [1.165, 1.54) is 11.8 Å². The first-order chi connectivity index (χ1) is 14.0. The second-order valence-corrected chi connectivity index (χ2v) is 7.54. The smallest absolute Gasteiger partial charge is 0.277 e. The molecule has 3 rings (SSSR count). The van der Waals surface area contributed by atoms with E-state index in [-0.39, 0.29) is 16.8 Å². The molecule has 7 nitrogen and oxygen atoms in total. The van der Waals surface area contributed by atoms with E-state index in [2.05, 4.69) is 15.3 Å². The first-order valence-corrected chi connectivity index (χ1v) is 10.0. The summed E-state index contributed by atoms with van der Waals surface area (Å²) in [5.74, 6) is 0.179. The summed E-state index contributed by atoms with van der Waals surface area (Å²) in [4.78, 5) is 31.8. The summed E-state index contributed by atoms with van der Waals surface area (Å²) in [6.07, 6.45) is 0. The van der Waals surface area contributed by atoms with Gasteiger partial charge in [-0.05, 0) is 43.7 Å². The lowest BCUT2D eigenvalue weighted by molar-refractivity contribution is 0.102. The fraction of sp³-hybridized carbons (Fsp3) is 0.190. The highest BCUT2D eigenvalue weighted by Gasteiger charge is 2.16. The quantitative estimate of drug-likeness (QED) is 0.403. The van der Waals surface area contributed by atoms with Crippen LogP contribution in [-0.2, 0) is 0 Å². The molecule has 1 atom stereocenters. The molecule has 3 aromatic rings. The molecule has 1 heterocycles. The second kappa shape index (κ2) is 9.29. The van der Waals surface area contributed by atoms with Crippen LogP contribution in [0, 0.1) is 0 Å². The Morgan fingerprint density at radius 1 is 1.21 bits per heavy atom. The van der Waals surface area contributed by atoms with E-state index in [1.807, 2.05) is 44.2 Å². The van der Waals surface area contributed by atoms with Gasteiger partial charge in [0.1, 0.15) is 11.4 Å². The van der Waals surface area contributed by atoms with Crippen molar-refractivity contribution in [3.05, 3.63) is 76.1 Å². The third-order valence-corrected chi connectivity index (χ3v) is 5.19. The van der Waals surface area contributed by atoms with Crippen molar-refractivity contribution in [1.29, 1.82) is 0 Å². The van der Waals surface area contributed by atoms with Crippen molar-refractivity contribution in [2.24, 2.45) is 0 Å². The number of rotatable bonds is 7. The summed E-state index contributed by atoms with van der Waals surface area (Å²) in [6, 6.07) is 16.5. The lowest BCUT2D eigenvalue weighted by atomic mass is 10.2. The molecule has 29 heavy (non-hydrogen) atoms. The normalized spacial score (nSPS) is 11.7. The molecule has 4 N–H and O–H groups in total. The van der Waals surface area contributed by atoms with Crippen LogP contribution in [0.15, 0.2) is 64.5 Å². The van der Waals surface area contributed by atoms with Crippen molar-refractivity contribution >= 4 is 29.2 Å². The van der Waals surface area contributed by atoms with Gasteiger partial charge in [-0.15, -0.1) is 0 Å². The highest BCUT2D eigenvalue weighted by molar-refractivity contribution is 7.99. The van der Waals surface area contributed by atoms with E-state index in [0.29, 0.717) is 23.1 Å². The zero-order valence-corrected chi connectivity index (χ0v) is 17.0. The Hall–Kier alpha value is -3.26. The van der Waals surface area contributed by atoms with Gasteiger partial charge >= 0.3 is 0 Å². The Labute approximate surface area is 172 Å². The number of nitrogens with zero attached hydrogens (tertiary/aromatic N) is 1. The summed E-state index contributed by atoms with van der Waals surface area (Å²) in [7, 11) is 0. The maximum Gasteiger partial charge on any atom is 0.277 e. The van der Waals surface area contributed by atoms with Gasteiger partial charge in [0, 0.05) is 10.8 Å². The van der Waals surface area contributed by atoms with Gasteiger partial charge in [0.05, 0.1) is 6.61 Å². The number of carbonyl (C=O) groups excluding carboxylic acids is 1. The summed E-state index contributed by atoms with van der Waals surface area (Å²) >= 11 is 1.38. The van der Waals surface area contributed by atoms with Gasteiger partial charge in [-0.3, -0.25) is 14.6 Å². The van der Waals surface area contributed by atoms with Gasteiger partial charge < -0.3 is 15.8 Å². The van der Waals surface area contributed by atoms with E-state index >= 15 is 0 Å². The van der Waals surface area contributed by atoms with Gasteiger partial charge in [0.2, 0.25) is 0 Å². The van der Waals surface area contributed by atoms with Crippen LogP contribution in [0.5, 0.6) is 5.75 Å². The molecular formula is C21H22N4O3S. The topological polar surface area (TPSA) is 110 Å². The third kappa shape index (κ3) is 5.17. The Morgan fingerprint density at radius 3 is 2.52 bits per heavy atom. The monoisotopic (exact) mass is 410 g/mol. The molecule has 0 unspecified atom stereocenters. The summed E-state index contributed by atoms with van der Waals surface area (Å²) in [5, 5.41) is 3.00. The third-order valence-electron chi connectivity index (χ3n) is 4.15. The summed E-state index contributed by atoms with van der Waals surface area (Å²) in [6.45, 7) is 4.43. The second-order valence-electron chi connectivity index (χ2n) is 6.21. The van der Waals surface area contributed by atoms with Crippen molar-refractivity contribution in [1.82, 2.24) is 9.97 Å². The number of amides is 1. The predicted molar refractivity (Wildman–Crippen MR) is 116 cm³/mol. The zero-order valence-electron chi connectivity index (χ0n) is 16.1. The molecule has 1 amide bonds. The minimum atomic E-state index is -0.500. The number of aromatic amines is 1. The minimum Gasteiger partial charge on any atom is -0.494 e. The van der Waals surface area contributed by atoms with E-state index in [1.54, 1.807) is 24.3 Å². The van der Waals surface area contributed by atoms with Gasteiger partial charge in [0.25, 0.3) is 11.5 Å². The maximum atomic E-state index is 12.5. The van der Waals surface area contributed by atoms with Crippen LogP contribution in [-0.4, -0.2) is 22.5 Å².